The number of carbonyl (C=O) groups is 1. The van der Waals surface area contributed by atoms with Crippen LogP contribution in [0.15, 0.2) is 30.3 Å². The second-order valence-corrected chi connectivity index (χ2v) is 3.96. The van der Waals surface area contributed by atoms with E-state index in [1.165, 1.54) is 11.6 Å². The minimum atomic E-state index is -0.890. The molecule has 2 heteroatoms. The third-order valence-electron chi connectivity index (χ3n) is 2.29. The normalized spacial score (nSPS) is 11.9. The molecule has 0 atom stereocenters. The molecule has 0 spiro atoms. The van der Waals surface area contributed by atoms with Crippen molar-refractivity contribution in [3.8, 4) is 0 Å². The second-order valence-electron chi connectivity index (χ2n) is 3.96. The third-order valence-corrected chi connectivity index (χ3v) is 2.29. The third kappa shape index (κ3) is 3.24. The van der Waals surface area contributed by atoms with Crippen LogP contribution < -0.4 is 0 Å². The molecule has 80 valence electrons. The number of benzene rings is 1. The summed E-state index contributed by atoms with van der Waals surface area (Å²) < 4.78 is 0. The van der Waals surface area contributed by atoms with Gasteiger partial charge < -0.3 is 5.11 Å². The molecule has 1 aromatic rings. The van der Waals surface area contributed by atoms with Crippen LogP contribution in [0.5, 0.6) is 0 Å². The van der Waals surface area contributed by atoms with Gasteiger partial charge in [-0.05, 0) is 24.0 Å². The van der Waals surface area contributed by atoms with Gasteiger partial charge in [0.2, 0.25) is 0 Å². The topological polar surface area (TPSA) is 37.3 Å². The molecule has 0 amide bonds. The fourth-order valence-electron chi connectivity index (χ4n) is 1.46. The summed E-state index contributed by atoms with van der Waals surface area (Å²) in [6.45, 7) is 6.00. The van der Waals surface area contributed by atoms with Gasteiger partial charge in [0.15, 0.2) is 0 Å². The van der Waals surface area contributed by atoms with Crippen LogP contribution in [0, 0.1) is 12.8 Å². The fraction of sp³-hybridized carbons (Fsp3) is 0.308. The van der Waals surface area contributed by atoms with E-state index in [9.17, 15) is 4.79 Å². The molecule has 0 bridgehead atoms. The molecule has 1 N–H and O–H groups in total. The molecule has 0 radical (unpaired) electrons. The van der Waals surface area contributed by atoms with E-state index >= 15 is 0 Å². The average Bonchev–Trinajstić information content (AvgIpc) is 2.15. The fourth-order valence-corrected chi connectivity index (χ4v) is 1.46. The summed E-state index contributed by atoms with van der Waals surface area (Å²) in [5.74, 6) is -0.678. The van der Waals surface area contributed by atoms with Crippen molar-refractivity contribution in [1.29, 1.82) is 0 Å². The van der Waals surface area contributed by atoms with Gasteiger partial charge in [0, 0.05) is 6.08 Å². The minimum absolute atomic E-state index is 0.212. The Hall–Kier alpha value is -1.57. The smallest absolute Gasteiger partial charge is 0.328 e. The Kier molecular flexibility index (Phi) is 3.67. The number of aliphatic carboxylic acids is 1. The van der Waals surface area contributed by atoms with Gasteiger partial charge in [-0.15, -0.1) is 0 Å². The summed E-state index contributed by atoms with van der Waals surface area (Å²) in [6.07, 6.45) is 1.29. The standard InChI is InChI=1S/C13H16O2/c1-9(2)12(8-13(14)15)11-6-4-10(3)5-7-11/h4-9H,1-3H3,(H,14,15)/b12-8+. The Morgan fingerprint density at radius 2 is 1.80 bits per heavy atom. The number of hydrogen-bond acceptors (Lipinski definition) is 1. The van der Waals surface area contributed by atoms with Crippen LogP contribution in [0.25, 0.3) is 5.57 Å². The molecule has 15 heavy (non-hydrogen) atoms. The van der Waals surface area contributed by atoms with Crippen molar-refractivity contribution in [3.63, 3.8) is 0 Å². The van der Waals surface area contributed by atoms with Crippen LogP contribution in [0.4, 0.5) is 0 Å². The zero-order valence-electron chi connectivity index (χ0n) is 9.32. The van der Waals surface area contributed by atoms with E-state index in [0.29, 0.717) is 0 Å². The molecular weight excluding hydrogens is 188 g/mol. The van der Waals surface area contributed by atoms with E-state index in [-0.39, 0.29) is 5.92 Å². The molecule has 0 saturated heterocycles. The maximum absolute atomic E-state index is 10.7. The lowest BCUT2D eigenvalue weighted by Gasteiger charge is -2.11. The van der Waals surface area contributed by atoms with Gasteiger partial charge in [-0.25, -0.2) is 4.79 Å². The monoisotopic (exact) mass is 204 g/mol. The highest BCUT2D eigenvalue weighted by Gasteiger charge is 2.07. The zero-order chi connectivity index (χ0) is 11.4. The van der Waals surface area contributed by atoms with Crippen molar-refractivity contribution in [3.05, 3.63) is 41.5 Å². The van der Waals surface area contributed by atoms with Crippen LogP contribution in [-0.4, -0.2) is 11.1 Å². The van der Waals surface area contributed by atoms with Crippen LogP contribution in [0.1, 0.15) is 25.0 Å². The van der Waals surface area contributed by atoms with Crippen LogP contribution in [0.2, 0.25) is 0 Å². The first-order valence-electron chi connectivity index (χ1n) is 5.02. The molecule has 1 aromatic carbocycles. The van der Waals surface area contributed by atoms with Gasteiger partial charge >= 0.3 is 5.97 Å². The molecule has 2 nitrogen and oxygen atoms in total. The predicted molar refractivity (Wildman–Crippen MR) is 61.6 cm³/mol. The SMILES string of the molecule is Cc1ccc(/C(=C/C(=O)O)C(C)C)cc1. The quantitative estimate of drug-likeness (QED) is 0.768. The van der Waals surface area contributed by atoms with Gasteiger partial charge in [-0.3, -0.25) is 0 Å². The Morgan fingerprint density at radius 3 is 2.20 bits per heavy atom. The Balaban J connectivity index is 3.10. The van der Waals surface area contributed by atoms with Crippen molar-refractivity contribution in [1.82, 2.24) is 0 Å². The van der Waals surface area contributed by atoms with E-state index in [0.717, 1.165) is 11.1 Å². The van der Waals surface area contributed by atoms with Crippen LogP contribution in [-0.2, 0) is 4.79 Å². The lowest BCUT2D eigenvalue weighted by molar-refractivity contribution is -0.131. The Morgan fingerprint density at radius 1 is 1.27 bits per heavy atom. The highest BCUT2D eigenvalue weighted by molar-refractivity contribution is 5.90. The van der Waals surface area contributed by atoms with Gasteiger partial charge in [0.05, 0.1) is 0 Å². The number of aryl methyl sites for hydroxylation is 1. The van der Waals surface area contributed by atoms with E-state index in [2.05, 4.69) is 0 Å². The molecule has 0 aliphatic heterocycles. The van der Waals surface area contributed by atoms with Crippen LogP contribution >= 0.6 is 0 Å². The van der Waals surface area contributed by atoms with Gasteiger partial charge in [0.1, 0.15) is 0 Å². The zero-order valence-corrected chi connectivity index (χ0v) is 9.32. The van der Waals surface area contributed by atoms with E-state index < -0.39 is 5.97 Å². The predicted octanol–water partition coefficient (Wildman–Crippen LogP) is 3.12. The van der Waals surface area contributed by atoms with Crippen molar-refractivity contribution in [2.75, 3.05) is 0 Å². The number of carboxylic acids is 1. The lowest BCUT2D eigenvalue weighted by atomic mass is 9.94. The molecular formula is C13H16O2. The van der Waals surface area contributed by atoms with Crippen LogP contribution in [0.3, 0.4) is 0 Å². The number of rotatable bonds is 3. The largest absolute Gasteiger partial charge is 0.478 e. The first-order valence-corrected chi connectivity index (χ1v) is 5.02. The number of hydrogen-bond donors (Lipinski definition) is 1. The lowest BCUT2D eigenvalue weighted by Crippen LogP contribution is -1.98. The number of allylic oxidation sites excluding steroid dienone is 1. The molecule has 0 aromatic heterocycles. The average molecular weight is 204 g/mol. The summed E-state index contributed by atoms with van der Waals surface area (Å²) in [7, 11) is 0. The number of carboxylic acid groups (broad SMARTS) is 1. The van der Waals surface area contributed by atoms with Gasteiger partial charge in [-0.2, -0.15) is 0 Å². The van der Waals surface area contributed by atoms with Crippen molar-refractivity contribution in [2.24, 2.45) is 5.92 Å². The maximum Gasteiger partial charge on any atom is 0.328 e. The first-order chi connectivity index (χ1) is 7.00. The second kappa shape index (κ2) is 4.78. The molecule has 0 heterocycles. The van der Waals surface area contributed by atoms with Crippen molar-refractivity contribution in [2.45, 2.75) is 20.8 Å². The Labute approximate surface area is 90.3 Å². The maximum atomic E-state index is 10.7. The Bertz CT molecular complexity index is 372. The summed E-state index contributed by atoms with van der Waals surface area (Å²) in [6, 6.07) is 7.91. The van der Waals surface area contributed by atoms with E-state index in [4.69, 9.17) is 5.11 Å². The molecule has 0 aliphatic carbocycles. The van der Waals surface area contributed by atoms with Crippen molar-refractivity contribution >= 4 is 11.5 Å². The molecule has 0 fully saturated rings. The summed E-state index contributed by atoms with van der Waals surface area (Å²) in [5, 5.41) is 8.77. The highest BCUT2D eigenvalue weighted by Crippen LogP contribution is 2.23. The summed E-state index contributed by atoms with van der Waals surface area (Å²) in [5.41, 5.74) is 3.03. The van der Waals surface area contributed by atoms with Gasteiger partial charge in [-0.1, -0.05) is 43.7 Å². The van der Waals surface area contributed by atoms with Gasteiger partial charge in [0.25, 0.3) is 0 Å². The highest BCUT2D eigenvalue weighted by atomic mass is 16.4. The molecule has 1 rings (SSSR count). The van der Waals surface area contributed by atoms with E-state index in [1.807, 2.05) is 45.0 Å². The molecule has 0 aliphatic rings. The molecule has 0 saturated carbocycles. The first kappa shape index (κ1) is 11.5. The molecule has 0 unspecified atom stereocenters. The van der Waals surface area contributed by atoms with E-state index in [1.54, 1.807) is 0 Å². The summed E-state index contributed by atoms with van der Waals surface area (Å²) in [4.78, 5) is 10.7. The summed E-state index contributed by atoms with van der Waals surface area (Å²) >= 11 is 0. The van der Waals surface area contributed by atoms with Crippen molar-refractivity contribution < 1.29 is 9.90 Å². The minimum Gasteiger partial charge on any atom is -0.478 e.